The monoisotopic (exact) mass is 197 g/mol. The molecular formula is C10H15NOS. The van der Waals surface area contributed by atoms with Crippen LogP contribution in [-0.2, 0) is 6.42 Å². The van der Waals surface area contributed by atoms with Gasteiger partial charge in [0.05, 0.1) is 11.1 Å². The van der Waals surface area contributed by atoms with Gasteiger partial charge in [0, 0.05) is 17.5 Å². The number of hydrogen-bond donors (Lipinski definition) is 1. The quantitative estimate of drug-likeness (QED) is 0.788. The summed E-state index contributed by atoms with van der Waals surface area (Å²) in [5.74, 6) is 0.463. The summed E-state index contributed by atoms with van der Waals surface area (Å²) in [6, 6.07) is 0. The Morgan fingerprint density at radius 1 is 1.62 bits per heavy atom. The lowest BCUT2D eigenvalue weighted by molar-refractivity contribution is 0.132. The number of hydrogen-bond acceptors (Lipinski definition) is 3. The molecule has 1 aliphatic carbocycles. The van der Waals surface area contributed by atoms with Crippen LogP contribution in [0.5, 0.6) is 0 Å². The minimum atomic E-state index is -0.0794. The molecule has 2 atom stereocenters. The van der Waals surface area contributed by atoms with Crippen molar-refractivity contribution in [3.05, 3.63) is 16.1 Å². The van der Waals surface area contributed by atoms with Gasteiger partial charge in [0.15, 0.2) is 0 Å². The van der Waals surface area contributed by atoms with Crippen LogP contribution in [0, 0.1) is 12.8 Å². The first-order chi connectivity index (χ1) is 6.25. The fraction of sp³-hybridized carbons (Fsp3) is 0.700. The van der Waals surface area contributed by atoms with E-state index in [1.54, 1.807) is 11.3 Å². The highest BCUT2D eigenvalue weighted by Crippen LogP contribution is 2.29. The molecule has 0 saturated heterocycles. The predicted octanol–water partition coefficient (Wildman–Crippen LogP) is 2.16. The van der Waals surface area contributed by atoms with Crippen LogP contribution >= 0.6 is 11.3 Å². The molecule has 1 N–H and O–H groups in total. The van der Waals surface area contributed by atoms with E-state index in [1.807, 2.05) is 6.20 Å². The highest BCUT2D eigenvalue weighted by molar-refractivity contribution is 7.11. The van der Waals surface area contributed by atoms with Gasteiger partial charge in [-0.05, 0) is 25.7 Å². The zero-order valence-corrected chi connectivity index (χ0v) is 8.68. The van der Waals surface area contributed by atoms with E-state index in [9.17, 15) is 5.11 Å². The highest BCUT2D eigenvalue weighted by atomic mass is 32.1. The lowest BCUT2D eigenvalue weighted by atomic mass is 10.0. The predicted molar refractivity (Wildman–Crippen MR) is 53.9 cm³/mol. The molecule has 1 aliphatic rings. The van der Waals surface area contributed by atoms with Crippen LogP contribution in [0.4, 0.5) is 0 Å². The molecular weight excluding hydrogens is 182 g/mol. The molecule has 3 heteroatoms. The first-order valence-corrected chi connectivity index (χ1v) is 5.67. The van der Waals surface area contributed by atoms with Crippen LogP contribution in [0.1, 0.15) is 29.1 Å². The number of rotatable bonds is 2. The Balaban J connectivity index is 1.97. The maximum absolute atomic E-state index is 9.63. The van der Waals surface area contributed by atoms with Crippen molar-refractivity contribution in [2.24, 2.45) is 5.92 Å². The van der Waals surface area contributed by atoms with Crippen molar-refractivity contribution in [3.8, 4) is 0 Å². The smallest absolute Gasteiger partial charge is 0.0931 e. The minimum absolute atomic E-state index is 0.0794. The van der Waals surface area contributed by atoms with Crippen LogP contribution < -0.4 is 0 Å². The van der Waals surface area contributed by atoms with Gasteiger partial charge in [-0.25, -0.2) is 4.98 Å². The highest BCUT2D eigenvalue weighted by Gasteiger charge is 2.25. The Labute approximate surface area is 82.6 Å². The van der Waals surface area contributed by atoms with Gasteiger partial charge in [-0.3, -0.25) is 0 Å². The van der Waals surface area contributed by atoms with Crippen molar-refractivity contribution in [1.29, 1.82) is 0 Å². The van der Waals surface area contributed by atoms with Gasteiger partial charge in [0.1, 0.15) is 0 Å². The molecule has 72 valence electrons. The van der Waals surface area contributed by atoms with Gasteiger partial charge in [-0.2, -0.15) is 0 Å². The summed E-state index contributed by atoms with van der Waals surface area (Å²) in [5, 5.41) is 10.8. The van der Waals surface area contributed by atoms with Crippen LogP contribution in [0.2, 0.25) is 0 Å². The molecule has 0 bridgehead atoms. The third-order valence-electron chi connectivity index (χ3n) is 2.72. The van der Waals surface area contributed by atoms with Crippen molar-refractivity contribution >= 4 is 11.3 Å². The number of nitrogens with zero attached hydrogens (tertiary/aromatic N) is 1. The second-order valence-electron chi connectivity index (χ2n) is 3.83. The molecule has 0 spiro atoms. The Morgan fingerprint density at radius 2 is 2.46 bits per heavy atom. The second kappa shape index (κ2) is 3.76. The molecule has 0 aliphatic heterocycles. The van der Waals surface area contributed by atoms with Gasteiger partial charge in [-0.1, -0.05) is 6.42 Å². The Bertz CT molecular complexity index is 284. The van der Waals surface area contributed by atoms with E-state index < -0.39 is 0 Å². The second-order valence-corrected chi connectivity index (χ2v) is 5.15. The summed E-state index contributed by atoms with van der Waals surface area (Å²) in [7, 11) is 0. The number of aliphatic hydroxyl groups is 1. The van der Waals surface area contributed by atoms with Gasteiger partial charge in [0.25, 0.3) is 0 Å². The summed E-state index contributed by atoms with van der Waals surface area (Å²) in [6.07, 6.45) is 6.13. The molecule has 1 aromatic rings. The summed E-state index contributed by atoms with van der Waals surface area (Å²) in [6.45, 7) is 2.08. The average Bonchev–Trinajstić information content (AvgIpc) is 2.64. The first kappa shape index (κ1) is 9.16. The SMILES string of the molecule is Cc1cnc(CC2CCCC2O)s1. The normalized spacial score (nSPS) is 28.2. The molecule has 1 aromatic heterocycles. The molecule has 2 rings (SSSR count). The van der Waals surface area contributed by atoms with E-state index in [0.717, 1.165) is 12.8 Å². The van der Waals surface area contributed by atoms with E-state index in [-0.39, 0.29) is 6.10 Å². The number of aryl methyl sites for hydroxylation is 1. The van der Waals surface area contributed by atoms with Gasteiger partial charge in [-0.15, -0.1) is 11.3 Å². The summed E-state index contributed by atoms with van der Waals surface area (Å²) in [4.78, 5) is 5.59. The number of aliphatic hydroxyl groups excluding tert-OH is 1. The fourth-order valence-electron chi connectivity index (χ4n) is 1.98. The molecule has 1 fully saturated rings. The molecule has 2 unspecified atom stereocenters. The minimum Gasteiger partial charge on any atom is -0.393 e. The summed E-state index contributed by atoms with van der Waals surface area (Å²) < 4.78 is 0. The molecule has 2 nitrogen and oxygen atoms in total. The van der Waals surface area contributed by atoms with Crippen molar-refractivity contribution in [2.45, 2.75) is 38.7 Å². The van der Waals surface area contributed by atoms with Crippen molar-refractivity contribution in [3.63, 3.8) is 0 Å². The Kier molecular flexibility index (Phi) is 2.65. The van der Waals surface area contributed by atoms with E-state index in [0.29, 0.717) is 5.92 Å². The molecule has 13 heavy (non-hydrogen) atoms. The Morgan fingerprint density at radius 3 is 3.00 bits per heavy atom. The van der Waals surface area contributed by atoms with E-state index in [1.165, 1.54) is 22.7 Å². The van der Waals surface area contributed by atoms with Gasteiger partial charge < -0.3 is 5.11 Å². The molecule has 0 amide bonds. The van der Waals surface area contributed by atoms with Crippen molar-refractivity contribution in [2.75, 3.05) is 0 Å². The lowest BCUT2D eigenvalue weighted by Gasteiger charge is -2.11. The zero-order valence-electron chi connectivity index (χ0n) is 7.86. The largest absolute Gasteiger partial charge is 0.393 e. The zero-order chi connectivity index (χ0) is 9.26. The third kappa shape index (κ3) is 2.09. The Hall–Kier alpha value is -0.410. The lowest BCUT2D eigenvalue weighted by Crippen LogP contribution is -2.15. The van der Waals surface area contributed by atoms with Crippen LogP contribution in [0.15, 0.2) is 6.20 Å². The summed E-state index contributed by atoms with van der Waals surface area (Å²) >= 11 is 1.75. The van der Waals surface area contributed by atoms with E-state index in [4.69, 9.17) is 0 Å². The standard InChI is InChI=1S/C10H15NOS/c1-7-6-11-10(13-7)5-8-3-2-4-9(8)12/h6,8-9,12H,2-5H2,1H3. The maximum Gasteiger partial charge on any atom is 0.0931 e. The van der Waals surface area contributed by atoms with Crippen molar-refractivity contribution in [1.82, 2.24) is 4.98 Å². The van der Waals surface area contributed by atoms with Gasteiger partial charge >= 0.3 is 0 Å². The van der Waals surface area contributed by atoms with E-state index in [2.05, 4.69) is 11.9 Å². The molecule has 1 heterocycles. The number of aromatic nitrogens is 1. The maximum atomic E-state index is 9.63. The van der Waals surface area contributed by atoms with Crippen LogP contribution in [0.25, 0.3) is 0 Å². The fourth-order valence-corrected chi connectivity index (χ4v) is 2.86. The van der Waals surface area contributed by atoms with Crippen LogP contribution in [-0.4, -0.2) is 16.2 Å². The van der Waals surface area contributed by atoms with Crippen LogP contribution in [0.3, 0.4) is 0 Å². The van der Waals surface area contributed by atoms with Gasteiger partial charge in [0.2, 0.25) is 0 Å². The molecule has 0 radical (unpaired) electrons. The summed E-state index contributed by atoms with van der Waals surface area (Å²) in [5.41, 5.74) is 0. The number of thiazole rings is 1. The first-order valence-electron chi connectivity index (χ1n) is 4.85. The third-order valence-corrected chi connectivity index (χ3v) is 3.66. The molecule has 1 saturated carbocycles. The molecule has 0 aromatic carbocycles. The van der Waals surface area contributed by atoms with Crippen molar-refractivity contribution < 1.29 is 5.11 Å². The topological polar surface area (TPSA) is 33.1 Å². The average molecular weight is 197 g/mol. The van der Waals surface area contributed by atoms with E-state index >= 15 is 0 Å².